The van der Waals surface area contributed by atoms with Crippen molar-refractivity contribution in [1.29, 1.82) is 0 Å². The van der Waals surface area contributed by atoms with Gasteiger partial charge in [0.15, 0.2) is 0 Å². The number of rotatable bonds is 3. The summed E-state index contributed by atoms with van der Waals surface area (Å²) in [5.74, 6) is -0.481. The molecule has 1 amide bonds. The first-order chi connectivity index (χ1) is 5.69. The van der Waals surface area contributed by atoms with E-state index in [1.165, 1.54) is 0 Å². The van der Waals surface area contributed by atoms with Crippen LogP contribution in [0.1, 0.15) is 13.8 Å². The standard InChI is InChI=1S/C3H5NO.C3H9O4P/c1-2-3(4)5;1-3(2)7-8(4,5)6/h2H,1H2,(H2,4,5);3H,1-2H3,(H2,4,5,6). The average molecular weight is 211 g/mol. The van der Waals surface area contributed by atoms with Crippen LogP contribution in [0.5, 0.6) is 0 Å². The first-order valence-electron chi connectivity index (χ1n) is 3.35. The van der Waals surface area contributed by atoms with Crippen molar-refractivity contribution in [2.24, 2.45) is 5.73 Å². The Morgan fingerprint density at radius 1 is 1.62 bits per heavy atom. The van der Waals surface area contributed by atoms with Gasteiger partial charge in [-0.15, -0.1) is 0 Å². The Morgan fingerprint density at radius 3 is 1.92 bits per heavy atom. The van der Waals surface area contributed by atoms with E-state index in [1.807, 2.05) is 0 Å². The summed E-state index contributed by atoms with van der Waals surface area (Å²) in [4.78, 5) is 25.6. The van der Waals surface area contributed by atoms with Crippen LogP contribution in [-0.4, -0.2) is 21.8 Å². The molecule has 0 spiro atoms. The van der Waals surface area contributed by atoms with Crippen LogP contribution in [0.2, 0.25) is 0 Å². The lowest BCUT2D eigenvalue weighted by Crippen LogP contribution is -2.04. The number of phosphoric ester groups is 1. The summed E-state index contributed by atoms with van der Waals surface area (Å²) in [6, 6.07) is 0. The van der Waals surface area contributed by atoms with Crippen LogP contribution in [0, 0.1) is 0 Å². The lowest BCUT2D eigenvalue weighted by Gasteiger charge is -2.06. The summed E-state index contributed by atoms with van der Waals surface area (Å²) in [7, 11) is -4.22. The van der Waals surface area contributed by atoms with Crippen LogP contribution in [0.15, 0.2) is 12.7 Å². The van der Waals surface area contributed by atoms with Crippen LogP contribution in [-0.2, 0) is 13.9 Å². The smallest absolute Gasteiger partial charge is 0.366 e. The van der Waals surface area contributed by atoms with Gasteiger partial charge in [0.05, 0.1) is 6.10 Å². The van der Waals surface area contributed by atoms with E-state index in [-0.39, 0.29) is 0 Å². The minimum absolute atomic E-state index is 0.421. The molecule has 0 aliphatic heterocycles. The summed E-state index contributed by atoms with van der Waals surface area (Å²) in [6.07, 6.45) is 0.635. The highest BCUT2D eigenvalue weighted by molar-refractivity contribution is 7.46. The number of hydrogen-bond donors (Lipinski definition) is 3. The van der Waals surface area contributed by atoms with Gasteiger partial charge in [0.25, 0.3) is 0 Å². The van der Waals surface area contributed by atoms with E-state index in [9.17, 15) is 9.36 Å². The van der Waals surface area contributed by atoms with E-state index in [0.717, 1.165) is 6.08 Å². The summed E-state index contributed by atoms with van der Waals surface area (Å²) < 4.78 is 14.0. The van der Waals surface area contributed by atoms with E-state index >= 15 is 0 Å². The molecule has 0 heterocycles. The average Bonchev–Trinajstić information content (AvgIpc) is 1.83. The normalized spacial score (nSPS) is 10.2. The number of primary amides is 1. The van der Waals surface area contributed by atoms with E-state index in [2.05, 4.69) is 16.8 Å². The van der Waals surface area contributed by atoms with E-state index in [0.29, 0.717) is 0 Å². The molecule has 0 fully saturated rings. The number of hydrogen-bond acceptors (Lipinski definition) is 3. The molecule has 0 aromatic heterocycles. The number of carbonyl (C=O) groups excluding carboxylic acids is 1. The molecule has 0 aromatic rings. The first kappa shape index (κ1) is 14.8. The van der Waals surface area contributed by atoms with Crippen molar-refractivity contribution in [1.82, 2.24) is 0 Å². The van der Waals surface area contributed by atoms with Gasteiger partial charge in [0, 0.05) is 0 Å². The molecule has 0 unspecified atom stereocenters. The maximum atomic E-state index is 9.91. The van der Waals surface area contributed by atoms with Gasteiger partial charge < -0.3 is 15.5 Å². The second-order valence-corrected chi connectivity index (χ2v) is 3.44. The Morgan fingerprint density at radius 2 is 1.92 bits per heavy atom. The molecule has 0 radical (unpaired) electrons. The molecule has 0 bridgehead atoms. The Labute approximate surface area is 76.6 Å². The summed E-state index contributed by atoms with van der Waals surface area (Å²) in [5.41, 5.74) is 4.53. The van der Waals surface area contributed by atoms with Crippen LogP contribution in [0.3, 0.4) is 0 Å². The number of amides is 1. The van der Waals surface area contributed by atoms with Gasteiger partial charge >= 0.3 is 7.82 Å². The van der Waals surface area contributed by atoms with Gasteiger partial charge in [-0.25, -0.2) is 4.57 Å². The highest BCUT2D eigenvalue weighted by Crippen LogP contribution is 2.37. The SMILES string of the molecule is C=CC(N)=O.CC(C)OP(=O)(O)O. The molecule has 0 saturated heterocycles. The van der Waals surface area contributed by atoms with Gasteiger partial charge in [-0.05, 0) is 19.9 Å². The molecular weight excluding hydrogens is 197 g/mol. The van der Waals surface area contributed by atoms with Gasteiger partial charge in [-0.1, -0.05) is 6.58 Å². The Bertz CT molecular complexity index is 209. The molecule has 6 nitrogen and oxygen atoms in total. The van der Waals surface area contributed by atoms with Gasteiger partial charge in [-0.2, -0.15) is 0 Å². The molecule has 0 aliphatic carbocycles. The predicted molar refractivity (Wildman–Crippen MR) is 47.7 cm³/mol. The van der Waals surface area contributed by atoms with Gasteiger partial charge in [0.1, 0.15) is 0 Å². The second-order valence-electron chi connectivity index (χ2n) is 2.25. The Balaban J connectivity index is 0. The predicted octanol–water partition coefficient (Wildman–Crippen LogP) is 0.162. The molecule has 0 saturated carbocycles. The number of carbonyl (C=O) groups is 1. The van der Waals surface area contributed by atoms with Crippen molar-refractivity contribution in [3.05, 3.63) is 12.7 Å². The molecular formula is C6H14NO5P. The summed E-state index contributed by atoms with van der Waals surface area (Å²) in [5, 5.41) is 0. The van der Waals surface area contributed by atoms with Crippen molar-refractivity contribution in [2.45, 2.75) is 20.0 Å². The Hall–Kier alpha value is -0.680. The largest absolute Gasteiger partial charge is 0.469 e. The van der Waals surface area contributed by atoms with Crippen molar-refractivity contribution in [3.63, 3.8) is 0 Å². The van der Waals surface area contributed by atoms with Crippen LogP contribution in [0.25, 0.3) is 0 Å². The third-order valence-corrected chi connectivity index (χ3v) is 1.25. The molecule has 13 heavy (non-hydrogen) atoms. The topological polar surface area (TPSA) is 110 Å². The quantitative estimate of drug-likeness (QED) is 0.455. The number of phosphoric acid groups is 1. The van der Waals surface area contributed by atoms with Crippen molar-refractivity contribution in [2.75, 3.05) is 0 Å². The number of nitrogens with two attached hydrogens (primary N) is 1. The third-order valence-electron chi connectivity index (χ3n) is 0.549. The van der Waals surface area contributed by atoms with Crippen molar-refractivity contribution >= 4 is 13.7 Å². The fourth-order valence-electron chi connectivity index (χ4n) is 0.275. The minimum atomic E-state index is -4.22. The highest BCUT2D eigenvalue weighted by atomic mass is 31.2. The fourth-order valence-corrected chi connectivity index (χ4v) is 0.824. The monoisotopic (exact) mass is 211 g/mol. The molecule has 0 aliphatic rings. The molecule has 7 heteroatoms. The zero-order chi connectivity index (χ0) is 11.1. The zero-order valence-corrected chi connectivity index (χ0v) is 8.40. The Kier molecular flexibility index (Phi) is 7.75. The molecule has 0 aromatic carbocycles. The third kappa shape index (κ3) is 24.6. The van der Waals surface area contributed by atoms with Gasteiger partial charge in [0.2, 0.25) is 5.91 Å². The molecule has 0 rings (SSSR count). The fraction of sp³-hybridized carbons (Fsp3) is 0.500. The molecule has 0 atom stereocenters. The maximum Gasteiger partial charge on any atom is 0.469 e. The lowest BCUT2D eigenvalue weighted by molar-refractivity contribution is -0.113. The van der Waals surface area contributed by atoms with Crippen molar-refractivity contribution < 1.29 is 23.7 Å². The summed E-state index contributed by atoms with van der Waals surface area (Å²) >= 11 is 0. The molecule has 4 N–H and O–H groups in total. The van der Waals surface area contributed by atoms with E-state index in [4.69, 9.17) is 9.79 Å². The summed E-state index contributed by atoms with van der Waals surface area (Å²) in [6.45, 7) is 6.19. The van der Waals surface area contributed by atoms with E-state index < -0.39 is 19.8 Å². The minimum Gasteiger partial charge on any atom is -0.366 e. The van der Waals surface area contributed by atoms with Crippen molar-refractivity contribution in [3.8, 4) is 0 Å². The van der Waals surface area contributed by atoms with Crippen LogP contribution < -0.4 is 5.73 Å². The second kappa shape index (κ2) is 6.80. The van der Waals surface area contributed by atoms with Crippen LogP contribution in [0.4, 0.5) is 0 Å². The van der Waals surface area contributed by atoms with Crippen LogP contribution >= 0.6 is 7.82 Å². The maximum absolute atomic E-state index is 9.91. The zero-order valence-electron chi connectivity index (χ0n) is 7.51. The lowest BCUT2D eigenvalue weighted by atomic mass is 10.5. The van der Waals surface area contributed by atoms with Gasteiger partial charge in [-0.3, -0.25) is 9.32 Å². The highest BCUT2D eigenvalue weighted by Gasteiger charge is 2.14. The van der Waals surface area contributed by atoms with E-state index in [1.54, 1.807) is 13.8 Å². The first-order valence-corrected chi connectivity index (χ1v) is 4.88. The molecule has 78 valence electrons.